The highest BCUT2D eigenvalue weighted by atomic mass is 32.2. The van der Waals surface area contributed by atoms with E-state index >= 15 is 0 Å². The summed E-state index contributed by atoms with van der Waals surface area (Å²) in [6, 6.07) is 4.49. The van der Waals surface area contributed by atoms with Gasteiger partial charge in [-0.2, -0.15) is 4.98 Å². The third-order valence-electron chi connectivity index (χ3n) is 7.27. The second-order valence-electron chi connectivity index (χ2n) is 10.2. The summed E-state index contributed by atoms with van der Waals surface area (Å²) in [5.41, 5.74) is 3.04. The summed E-state index contributed by atoms with van der Waals surface area (Å²) in [6.45, 7) is 3.80. The minimum absolute atomic E-state index is 0.140. The van der Waals surface area contributed by atoms with Crippen molar-refractivity contribution in [2.24, 2.45) is 5.92 Å². The number of thiazole rings is 1. The van der Waals surface area contributed by atoms with Crippen molar-refractivity contribution >= 4 is 43.2 Å². The Morgan fingerprint density at radius 1 is 0.974 bits per heavy atom. The first-order chi connectivity index (χ1) is 18.7. The quantitative estimate of drug-likeness (QED) is 0.248. The van der Waals surface area contributed by atoms with Gasteiger partial charge < -0.3 is 20.8 Å². The van der Waals surface area contributed by atoms with Gasteiger partial charge in [0.05, 0.1) is 44.4 Å². The Kier molecular flexibility index (Phi) is 6.69. The molecule has 6 rings (SSSR count). The average molecular weight is 568 g/mol. The van der Waals surface area contributed by atoms with E-state index in [4.69, 9.17) is 9.97 Å². The van der Waals surface area contributed by atoms with Crippen molar-refractivity contribution in [1.29, 1.82) is 0 Å². The van der Waals surface area contributed by atoms with Crippen molar-refractivity contribution in [3.63, 3.8) is 0 Å². The number of aryl methyl sites for hydroxylation is 2. The zero-order valence-electron chi connectivity index (χ0n) is 21.4. The van der Waals surface area contributed by atoms with E-state index in [0.29, 0.717) is 34.1 Å². The topological polar surface area (TPSA) is 163 Å². The Morgan fingerprint density at radius 2 is 1.74 bits per heavy atom. The van der Waals surface area contributed by atoms with Crippen LogP contribution in [-0.4, -0.2) is 73.6 Å². The Balaban J connectivity index is 1.32. The molecule has 204 valence electrons. The summed E-state index contributed by atoms with van der Waals surface area (Å²) in [6.07, 6.45) is 4.53. The summed E-state index contributed by atoms with van der Waals surface area (Å²) >= 11 is 1.50. The molecule has 4 heterocycles. The van der Waals surface area contributed by atoms with E-state index < -0.39 is 34.0 Å². The van der Waals surface area contributed by atoms with Gasteiger partial charge in [0.2, 0.25) is 5.95 Å². The van der Waals surface area contributed by atoms with Crippen molar-refractivity contribution in [3.8, 4) is 10.6 Å². The van der Waals surface area contributed by atoms with Crippen LogP contribution in [0.1, 0.15) is 30.7 Å². The van der Waals surface area contributed by atoms with Crippen LogP contribution < -0.4 is 10.6 Å². The molecule has 0 aliphatic heterocycles. The van der Waals surface area contributed by atoms with Crippen LogP contribution in [0.2, 0.25) is 0 Å². The first-order valence-electron chi connectivity index (χ1n) is 12.8. The lowest BCUT2D eigenvalue weighted by Crippen LogP contribution is -2.36. The lowest BCUT2D eigenvalue weighted by Gasteiger charge is -2.21. The van der Waals surface area contributed by atoms with Crippen LogP contribution in [0, 0.1) is 19.8 Å². The predicted octanol–water partition coefficient (Wildman–Crippen LogP) is 2.73. The minimum atomic E-state index is -3.68. The maximum atomic E-state index is 13.0. The maximum Gasteiger partial charge on any atom is 0.225 e. The second-order valence-corrected chi connectivity index (χ2v) is 13.3. The van der Waals surface area contributed by atoms with Gasteiger partial charge in [-0.3, -0.25) is 9.97 Å². The minimum Gasteiger partial charge on any atom is -0.390 e. The first kappa shape index (κ1) is 26.0. The molecule has 2 saturated carbocycles. The summed E-state index contributed by atoms with van der Waals surface area (Å²) < 4.78 is 26.9. The molecule has 4 aromatic rings. The molecule has 4 N–H and O–H groups in total. The summed E-state index contributed by atoms with van der Waals surface area (Å²) in [7, 11) is -3.68. The van der Waals surface area contributed by atoms with Gasteiger partial charge in [0.1, 0.15) is 22.4 Å². The fourth-order valence-corrected chi connectivity index (χ4v) is 7.77. The molecule has 11 nitrogen and oxygen atoms in total. The van der Waals surface area contributed by atoms with Crippen molar-refractivity contribution in [3.05, 3.63) is 48.2 Å². The lowest BCUT2D eigenvalue weighted by molar-refractivity contribution is 0.0216. The molecule has 2 aliphatic rings. The van der Waals surface area contributed by atoms with Gasteiger partial charge in [0, 0.05) is 30.6 Å². The monoisotopic (exact) mass is 567 g/mol. The van der Waals surface area contributed by atoms with E-state index in [1.165, 1.54) is 35.9 Å². The highest BCUT2D eigenvalue weighted by molar-refractivity contribution is 7.91. The van der Waals surface area contributed by atoms with E-state index in [9.17, 15) is 18.6 Å². The molecule has 0 radical (unpaired) electrons. The van der Waals surface area contributed by atoms with E-state index in [-0.39, 0.29) is 17.1 Å². The van der Waals surface area contributed by atoms with Gasteiger partial charge >= 0.3 is 0 Å². The third-order valence-corrected chi connectivity index (χ3v) is 10.2. The van der Waals surface area contributed by atoms with Gasteiger partial charge in [-0.05, 0) is 51.3 Å². The maximum absolute atomic E-state index is 13.0. The van der Waals surface area contributed by atoms with Crippen LogP contribution in [0.4, 0.5) is 11.8 Å². The largest absolute Gasteiger partial charge is 0.390 e. The van der Waals surface area contributed by atoms with Crippen LogP contribution >= 0.6 is 11.3 Å². The number of pyridine rings is 2. The molecule has 0 aromatic carbocycles. The molecular formula is C26H29N7O4S2. The summed E-state index contributed by atoms with van der Waals surface area (Å²) in [5, 5.41) is 29.2. The van der Waals surface area contributed by atoms with Crippen LogP contribution in [0.15, 0.2) is 41.7 Å². The van der Waals surface area contributed by atoms with Gasteiger partial charge in [-0.15, -0.1) is 11.3 Å². The molecule has 1 unspecified atom stereocenters. The SMILES string of the molecule is Cc1nc(NC2CC2)nc(NC2C[C@H](CS(=O)(=O)c3ccncc3)[C@@H](O)[C@H]2O)c1-c1nc2c(C)nccc2s1. The fraction of sp³-hybridized carbons (Fsp3) is 0.423. The number of fused-ring (bicyclic) bond motifs is 1. The van der Waals surface area contributed by atoms with Gasteiger partial charge in [-0.1, -0.05) is 0 Å². The Bertz CT molecular complexity index is 1630. The summed E-state index contributed by atoms with van der Waals surface area (Å²) in [4.78, 5) is 22.6. The van der Waals surface area contributed by atoms with Crippen molar-refractivity contribution < 1.29 is 18.6 Å². The van der Waals surface area contributed by atoms with Crippen LogP contribution in [0.3, 0.4) is 0 Å². The Labute approximate surface area is 229 Å². The average Bonchev–Trinajstić information content (AvgIpc) is 3.55. The number of hydrogen-bond donors (Lipinski definition) is 4. The third kappa shape index (κ3) is 5.19. The van der Waals surface area contributed by atoms with Gasteiger partial charge in [-0.25, -0.2) is 18.4 Å². The molecule has 39 heavy (non-hydrogen) atoms. The van der Waals surface area contributed by atoms with E-state index in [1.54, 1.807) is 6.20 Å². The predicted molar refractivity (Wildman–Crippen MR) is 148 cm³/mol. The van der Waals surface area contributed by atoms with E-state index in [2.05, 4.69) is 25.6 Å². The van der Waals surface area contributed by atoms with E-state index in [0.717, 1.165) is 28.8 Å². The van der Waals surface area contributed by atoms with Crippen LogP contribution in [-0.2, 0) is 9.84 Å². The molecule has 0 amide bonds. The Hall–Kier alpha value is -3.26. The number of sulfone groups is 1. The highest BCUT2D eigenvalue weighted by Gasteiger charge is 2.44. The first-order valence-corrected chi connectivity index (χ1v) is 15.3. The molecule has 4 aromatic heterocycles. The number of anilines is 2. The lowest BCUT2D eigenvalue weighted by atomic mass is 10.1. The number of rotatable bonds is 8. The smallest absolute Gasteiger partial charge is 0.225 e. The van der Waals surface area contributed by atoms with E-state index in [1.807, 2.05) is 19.9 Å². The van der Waals surface area contributed by atoms with Crippen molar-refractivity contribution in [2.75, 3.05) is 16.4 Å². The Morgan fingerprint density at radius 3 is 2.46 bits per heavy atom. The van der Waals surface area contributed by atoms with Crippen molar-refractivity contribution in [1.82, 2.24) is 24.9 Å². The molecule has 13 heteroatoms. The molecular weight excluding hydrogens is 538 g/mol. The highest BCUT2D eigenvalue weighted by Crippen LogP contribution is 2.39. The second kappa shape index (κ2) is 10.0. The molecule has 0 spiro atoms. The number of aliphatic hydroxyl groups excluding tert-OH is 2. The number of aromatic nitrogens is 5. The summed E-state index contributed by atoms with van der Waals surface area (Å²) in [5.74, 6) is -0.00150. The number of aliphatic hydroxyl groups is 2. The molecule has 0 saturated heterocycles. The number of nitrogens with zero attached hydrogens (tertiary/aromatic N) is 5. The number of hydrogen-bond acceptors (Lipinski definition) is 12. The zero-order chi connectivity index (χ0) is 27.3. The number of nitrogens with one attached hydrogen (secondary N) is 2. The standard InChI is InChI=1S/C26H29N7O4S2/c1-13-20(25-32-21-14(2)28-10-7-19(21)38-25)24(33-26(29-13)30-16-3-4-16)31-18-11-15(22(34)23(18)35)12-39(36,37)17-5-8-27-9-6-17/h5-10,15-16,18,22-23,34-35H,3-4,11-12H2,1-2H3,(H2,29,30,31,33)/t15-,18?,22-,23+/m1/s1. The van der Waals surface area contributed by atoms with Crippen molar-refractivity contribution in [2.45, 2.75) is 62.3 Å². The van der Waals surface area contributed by atoms with Crippen LogP contribution in [0.25, 0.3) is 20.8 Å². The normalized spacial score (nSPS) is 23.3. The zero-order valence-corrected chi connectivity index (χ0v) is 23.1. The fourth-order valence-electron chi connectivity index (χ4n) is 5.03. The molecule has 2 fully saturated rings. The van der Waals surface area contributed by atoms with Gasteiger partial charge in [0.25, 0.3) is 0 Å². The molecule has 0 bridgehead atoms. The molecule has 4 atom stereocenters. The van der Waals surface area contributed by atoms with Gasteiger partial charge in [0.15, 0.2) is 9.84 Å². The van der Waals surface area contributed by atoms with Crippen LogP contribution in [0.5, 0.6) is 0 Å². The molecule has 2 aliphatic carbocycles.